The van der Waals surface area contributed by atoms with E-state index in [-0.39, 0.29) is 11.8 Å². The number of carbonyl (C=O) groups is 3. The molecule has 0 spiro atoms. The molecule has 0 aliphatic heterocycles. The lowest BCUT2D eigenvalue weighted by molar-refractivity contribution is -0.139. The van der Waals surface area contributed by atoms with Crippen LogP contribution in [0.1, 0.15) is 27.7 Å². The first-order valence-electron chi connectivity index (χ1n) is 5.51. The van der Waals surface area contributed by atoms with Crippen LogP contribution in [0.25, 0.3) is 0 Å². The molecule has 4 N–H and O–H groups in total. The van der Waals surface area contributed by atoms with Crippen molar-refractivity contribution in [3.05, 3.63) is 0 Å². The molecule has 0 bridgehead atoms. The van der Waals surface area contributed by atoms with Crippen molar-refractivity contribution in [3.63, 3.8) is 0 Å². The van der Waals surface area contributed by atoms with Gasteiger partial charge in [-0.3, -0.25) is 9.59 Å². The summed E-state index contributed by atoms with van der Waals surface area (Å²) in [5.41, 5.74) is 5.58. The maximum absolute atomic E-state index is 11.8. The van der Waals surface area contributed by atoms with Gasteiger partial charge in [0, 0.05) is 0 Å². The van der Waals surface area contributed by atoms with Crippen molar-refractivity contribution in [2.75, 3.05) is 0 Å². The molecule has 2 atom stereocenters. The van der Waals surface area contributed by atoms with Crippen LogP contribution in [0.4, 0.5) is 4.79 Å². The van der Waals surface area contributed by atoms with Crippen LogP contribution in [-0.4, -0.2) is 34.8 Å². The Morgan fingerprint density at radius 1 is 1.00 bits per heavy atom. The highest BCUT2D eigenvalue weighted by atomic mass is 16.4. The van der Waals surface area contributed by atoms with Crippen molar-refractivity contribution in [2.45, 2.75) is 39.8 Å². The Labute approximate surface area is 101 Å². The van der Waals surface area contributed by atoms with Crippen LogP contribution in [-0.2, 0) is 9.59 Å². The Hall–Kier alpha value is -1.43. The maximum atomic E-state index is 11.8. The van der Waals surface area contributed by atoms with Gasteiger partial charge in [-0.05, 0) is 11.8 Å². The predicted octanol–water partition coefficient (Wildman–Crippen LogP) is 0.400. The second-order valence-electron chi connectivity index (χ2n) is 4.67. The van der Waals surface area contributed by atoms with Gasteiger partial charge in [0.15, 0.2) is 0 Å². The summed E-state index contributed by atoms with van der Waals surface area (Å²) < 4.78 is 0. The Bertz CT molecular complexity index is 313. The van der Waals surface area contributed by atoms with Gasteiger partial charge in [0.2, 0.25) is 11.6 Å². The van der Waals surface area contributed by atoms with E-state index in [9.17, 15) is 14.4 Å². The molecule has 1 amide bonds. The van der Waals surface area contributed by atoms with Gasteiger partial charge in [0.1, 0.15) is 6.04 Å². The second-order valence-corrected chi connectivity index (χ2v) is 4.67. The lowest BCUT2D eigenvalue weighted by atomic mass is 9.91. The quantitative estimate of drug-likeness (QED) is 0.586. The van der Waals surface area contributed by atoms with E-state index in [1.165, 1.54) is 0 Å². The fourth-order valence-electron chi connectivity index (χ4n) is 1.29. The number of amides is 1. The molecule has 0 unspecified atom stereocenters. The smallest absolute Gasteiger partial charge is 0.405 e. The molecule has 0 aromatic carbocycles. The highest BCUT2D eigenvalue weighted by Gasteiger charge is 2.33. The average Bonchev–Trinajstić information content (AvgIpc) is 2.21. The topological polar surface area (TPSA) is 109 Å². The number of hydrogen-bond acceptors (Lipinski definition) is 4. The molecule has 0 rings (SSSR count). The van der Waals surface area contributed by atoms with E-state index in [0.29, 0.717) is 0 Å². The molecule has 0 fully saturated rings. The number of Topliss-reactive ketones (excluding diaryl/α,β-unsaturated/α-hetero) is 2. The van der Waals surface area contributed by atoms with Gasteiger partial charge in [-0.1, -0.05) is 27.7 Å². The van der Waals surface area contributed by atoms with Crippen LogP contribution in [0.15, 0.2) is 0 Å². The molecule has 0 saturated heterocycles. The summed E-state index contributed by atoms with van der Waals surface area (Å²) in [7, 11) is 0. The maximum Gasteiger partial charge on any atom is 0.405 e. The van der Waals surface area contributed by atoms with Crippen molar-refractivity contribution in [2.24, 2.45) is 17.6 Å². The molecule has 0 aromatic rings. The van der Waals surface area contributed by atoms with E-state index in [1.54, 1.807) is 27.7 Å². The minimum absolute atomic E-state index is 0.163. The van der Waals surface area contributed by atoms with Crippen molar-refractivity contribution < 1.29 is 19.5 Å². The highest BCUT2D eigenvalue weighted by molar-refractivity contribution is 6.41. The first-order chi connectivity index (χ1) is 7.68. The summed E-state index contributed by atoms with van der Waals surface area (Å²) >= 11 is 0. The van der Waals surface area contributed by atoms with E-state index in [4.69, 9.17) is 10.8 Å². The molecule has 0 aliphatic rings. The number of carbonyl (C=O) groups excluding carboxylic acids is 2. The summed E-state index contributed by atoms with van der Waals surface area (Å²) in [6, 6.07) is -1.93. The van der Waals surface area contributed by atoms with Gasteiger partial charge in [-0.25, -0.2) is 4.79 Å². The third kappa shape index (κ3) is 4.52. The van der Waals surface area contributed by atoms with Crippen LogP contribution in [0.2, 0.25) is 0 Å². The molecule has 17 heavy (non-hydrogen) atoms. The summed E-state index contributed by atoms with van der Waals surface area (Å²) in [4.78, 5) is 34.1. The minimum Gasteiger partial charge on any atom is -0.465 e. The lowest BCUT2D eigenvalue weighted by Gasteiger charge is -2.21. The van der Waals surface area contributed by atoms with Crippen LogP contribution < -0.4 is 11.1 Å². The van der Waals surface area contributed by atoms with E-state index < -0.39 is 29.7 Å². The standard InChI is InChI=1S/C11H20N2O4/c1-5(2)7(12)9(14)10(15)8(6(3)4)13-11(16)17/h5-8,13H,12H2,1-4H3,(H,16,17)/t7-,8-/m0/s1. The number of rotatable bonds is 6. The predicted molar refractivity (Wildman–Crippen MR) is 62.6 cm³/mol. The van der Waals surface area contributed by atoms with Crippen molar-refractivity contribution in [1.29, 1.82) is 0 Å². The van der Waals surface area contributed by atoms with Crippen molar-refractivity contribution in [3.8, 4) is 0 Å². The SMILES string of the molecule is CC(C)[C@H](N)C(=O)C(=O)[C@@H](NC(=O)O)C(C)C. The summed E-state index contributed by atoms with van der Waals surface area (Å²) in [6.07, 6.45) is -1.33. The second kappa shape index (κ2) is 6.34. The Kier molecular flexibility index (Phi) is 5.81. The minimum atomic E-state index is -1.33. The first kappa shape index (κ1) is 15.6. The average molecular weight is 244 g/mol. The largest absolute Gasteiger partial charge is 0.465 e. The molecule has 0 radical (unpaired) electrons. The lowest BCUT2D eigenvalue weighted by Crippen LogP contribution is -2.51. The molecule has 6 nitrogen and oxygen atoms in total. The summed E-state index contributed by atoms with van der Waals surface area (Å²) in [6.45, 7) is 6.77. The molecule has 98 valence electrons. The number of ketones is 2. The monoisotopic (exact) mass is 244 g/mol. The normalized spacial score (nSPS) is 14.5. The number of hydrogen-bond donors (Lipinski definition) is 3. The third-order valence-corrected chi connectivity index (χ3v) is 2.49. The van der Waals surface area contributed by atoms with Gasteiger partial charge in [-0.2, -0.15) is 0 Å². The Balaban J connectivity index is 4.84. The van der Waals surface area contributed by atoms with Crippen LogP contribution in [0.5, 0.6) is 0 Å². The molecule has 0 saturated carbocycles. The van der Waals surface area contributed by atoms with E-state index >= 15 is 0 Å². The van der Waals surface area contributed by atoms with E-state index in [0.717, 1.165) is 0 Å². The zero-order valence-corrected chi connectivity index (χ0v) is 10.6. The van der Waals surface area contributed by atoms with Crippen LogP contribution >= 0.6 is 0 Å². The van der Waals surface area contributed by atoms with Gasteiger partial charge < -0.3 is 16.2 Å². The number of carboxylic acid groups (broad SMARTS) is 1. The number of nitrogens with one attached hydrogen (secondary N) is 1. The third-order valence-electron chi connectivity index (χ3n) is 2.49. The zero-order chi connectivity index (χ0) is 13.7. The zero-order valence-electron chi connectivity index (χ0n) is 10.6. The van der Waals surface area contributed by atoms with Gasteiger partial charge in [0.05, 0.1) is 6.04 Å². The van der Waals surface area contributed by atoms with Crippen LogP contribution in [0.3, 0.4) is 0 Å². The Morgan fingerprint density at radius 3 is 1.76 bits per heavy atom. The van der Waals surface area contributed by atoms with Crippen molar-refractivity contribution in [1.82, 2.24) is 5.32 Å². The van der Waals surface area contributed by atoms with Gasteiger partial charge in [-0.15, -0.1) is 0 Å². The summed E-state index contributed by atoms with van der Waals surface area (Å²) in [5.74, 6) is -1.97. The van der Waals surface area contributed by atoms with Crippen molar-refractivity contribution >= 4 is 17.7 Å². The Morgan fingerprint density at radius 2 is 1.47 bits per heavy atom. The summed E-state index contributed by atoms with van der Waals surface area (Å²) in [5, 5.41) is 10.6. The van der Waals surface area contributed by atoms with E-state index in [2.05, 4.69) is 0 Å². The molecule has 6 heteroatoms. The fourth-order valence-corrected chi connectivity index (χ4v) is 1.29. The molecular formula is C11H20N2O4. The highest BCUT2D eigenvalue weighted by Crippen LogP contribution is 2.08. The molecule has 0 aromatic heterocycles. The fraction of sp³-hybridized carbons (Fsp3) is 0.727. The van der Waals surface area contributed by atoms with Crippen LogP contribution in [0, 0.1) is 11.8 Å². The molecule has 0 aliphatic carbocycles. The molecular weight excluding hydrogens is 224 g/mol. The molecule has 0 heterocycles. The van der Waals surface area contributed by atoms with E-state index in [1.807, 2.05) is 5.32 Å². The van der Waals surface area contributed by atoms with Gasteiger partial charge >= 0.3 is 6.09 Å². The number of nitrogens with two attached hydrogens (primary N) is 1. The first-order valence-corrected chi connectivity index (χ1v) is 5.51. The van der Waals surface area contributed by atoms with Gasteiger partial charge in [0.25, 0.3) is 0 Å².